The predicted molar refractivity (Wildman–Crippen MR) is 101 cm³/mol. The van der Waals surface area contributed by atoms with E-state index in [1.54, 1.807) is 0 Å². The molecule has 0 aliphatic heterocycles. The summed E-state index contributed by atoms with van der Waals surface area (Å²) in [5, 5.41) is 0. The minimum atomic E-state index is -2.43. The Bertz CT molecular complexity index is 720. The van der Waals surface area contributed by atoms with Crippen LogP contribution in [0.5, 0.6) is 0 Å². The molecule has 1 atom stereocenters. The van der Waals surface area contributed by atoms with Gasteiger partial charge in [-0.2, -0.15) is 0 Å². The first kappa shape index (κ1) is 16.3. The van der Waals surface area contributed by atoms with Crippen molar-refractivity contribution < 1.29 is 4.21 Å². The van der Waals surface area contributed by atoms with Crippen LogP contribution in [0.3, 0.4) is 0 Å². The highest BCUT2D eigenvalue weighted by Crippen LogP contribution is 2.40. The summed E-state index contributed by atoms with van der Waals surface area (Å²) in [5.74, 6) is 4.00. The van der Waals surface area contributed by atoms with Gasteiger partial charge in [-0.1, -0.05) is 67.5 Å². The normalized spacial score (nSPS) is 22.3. The topological polar surface area (TPSA) is 29.1 Å². The second-order valence-electron chi connectivity index (χ2n) is 6.50. The van der Waals surface area contributed by atoms with Gasteiger partial charge in [0.2, 0.25) is 0 Å². The van der Waals surface area contributed by atoms with Crippen LogP contribution in [0.2, 0.25) is 0 Å². The largest absolute Gasteiger partial charge is 0.248 e. The van der Waals surface area contributed by atoms with E-state index >= 15 is 0 Å². The maximum Gasteiger partial charge on any atom is 0.0497 e. The standard InChI is InChI=1S/C20H25NOS/c1-23(22,19-13-7-2-3-8-14-19)21-17-20(15-9-10-16-20)18-11-5-4-6-12-18/h2-8,11-13H,1,9-10,14-17H2,(H,21,22). The molecule has 3 rings (SSSR count). The van der Waals surface area contributed by atoms with Crippen LogP contribution in [-0.2, 0) is 15.1 Å². The summed E-state index contributed by atoms with van der Waals surface area (Å²) in [7, 11) is -2.43. The SMILES string of the molecule is C=S(=O)(NCC1(c2ccccc2)CCCC1)C1=CC=CC=CC1. The molecule has 2 aliphatic carbocycles. The predicted octanol–water partition coefficient (Wildman–Crippen LogP) is 4.12. The van der Waals surface area contributed by atoms with E-state index in [9.17, 15) is 4.21 Å². The highest BCUT2D eigenvalue weighted by Gasteiger charge is 2.36. The number of rotatable bonds is 5. The van der Waals surface area contributed by atoms with Crippen molar-refractivity contribution in [1.29, 1.82) is 0 Å². The lowest BCUT2D eigenvalue weighted by atomic mass is 9.79. The van der Waals surface area contributed by atoms with Gasteiger partial charge in [-0.25, -0.2) is 8.93 Å². The summed E-state index contributed by atoms with van der Waals surface area (Å²) in [4.78, 5) is 0.878. The Labute approximate surface area is 140 Å². The molecule has 0 saturated heterocycles. The molecule has 1 fully saturated rings. The smallest absolute Gasteiger partial charge is 0.0497 e. The molecule has 0 aromatic heterocycles. The van der Waals surface area contributed by atoms with Crippen molar-refractivity contribution in [1.82, 2.24) is 4.72 Å². The number of benzene rings is 1. The van der Waals surface area contributed by atoms with E-state index in [2.05, 4.69) is 40.9 Å². The molecule has 0 bridgehead atoms. The minimum absolute atomic E-state index is 0.0958. The molecule has 1 aromatic rings. The van der Waals surface area contributed by atoms with Crippen molar-refractivity contribution in [3.63, 3.8) is 0 Å². The number of allylic oxidation sites excluding steroid dienone is 6. The van der Waals surface area contributed by atoms with E-state index in [4.69, 9.17) is 0 Å². The van der Waals surface area contributed by atoms with Crippen LogP contribution in [-0.4, -0.2) is 16.6 Å². The molecular weight excluding hydrogens is 302 g/mol. The molecule has 0 heterocycles. The average molecular weight is 327 g/mol. The molecule has 2 nitrogen and oxygen atoms in total. The Morgan fingerprint density at radius 1 is 1.09 bits per heavy atom. The fraction of sp³-hybridized carbons (Fsp3) is 0.350. The van der Waals surface area contributed by atoms with Crippen molar-refractivity contribution in [2.75, 3.05) is 6.54 Å². The molecule has 1 unspecified atom stereocenters. The van der Waals surface area contributed by atoms with Crippen LogP contribution in [0.15, 0.2) is 65.6 Å². The van der Waals surface area contributed by atoms with E-state index in [-0.39, 0.29) is 5.41 Å². The van der Waals surface area contributed by atoms with E-state index < -0.39 is 9.71 Å². The molecule has 1 N–H and O–H groups in total. The van der Waals surface area contributed by atoms with Gasteiger partial charge in [0, 0.05) is 26.6 Å². The Morgan fingerprint density at radius 3 is 2.57 bits per heavy atom. The highest BCUT2D eigenvalue weighted by atomic mass is 32.2. The van der Waals surface area contributed by atoms with Crippen LogP contribution in [0, 0.1) is 0 Å². The van der Waals surface area contributed by atoms with Gasteiger partial charge in [-0.15, -0.1) is 0 Å². The van der Waals surface area contributed by atoms with Crippen LogP contribution in [0.25, 0.3) is 0 Å². The maximum absolute atomic E-state index is 13.1. The Kier molecular flexibility index (Phi) is 4.88. The highest BCUT2D eigenvalue weighted by molar-refractivity contribution is 8.02. The summed E-state index contributed by atoms with van der Waals surface area (Å²) in [6.07, 6.45) is 15.3. The Balaban J connectivity index is 1.79. The zero-order valence-corrected chi connectivity index (χ0v) is 14.4. The third-order valence-electron chi connectivity index (χ3n) is 4.97. The first-order valence-corrected chi connectivity index (χ1v) is 10.0. The van der Waals surface area contributed by atoms with Crippen molar-refractivity contribution in [2.24, 2.45) is 0 Å². The van der Waals surface area contributed by atoms with Crippen molar-refractivity contribution >= 4 is 15.6 Å². The minimum Gasteiger partial charge on any atom is -0.248 e. The third kappa shape index (κ3) is 3.67. The molecule has 23 heavy (non-hydrogen) atoms. The quantitative estimate of drug-likeness (QED) is 0.810. The molecular formula is C20H25NOS. The molecule has 122 valence electrons. The number of hydrogen-bond donors (Lipinski definition) is 1. The monoisotopic (exact) mass is 327 g/mol. The van der Waals surface area contributed by atoms with Gasteiger partial charge >= 0.3 is 0 Å². The van der Waals surface area contributed by atoms with Gasteiger partial charge in [0.25, 0.3) is 0 Å². The molecule has 3 heteroatoms. The van der Waals surface area contributed by atoms with Gasteiger partial charge in [0.1, 0.15) is 0 Å². The number of nitrogens with one attached hydrogen (secondary N) is 1. The second kappa shape index (κ2) is 6.90. The van der Waals surface area contributed by atoms with E-state index in [0.717, 1.165) is 24.3 Å². The third-order valence-corrected chi connectivity index (χ3v) is 6.73. The van der Waals surface area contributed by atoms with Crippen molar-refractivity contribution in [3.05, 3.63) is 71.2 Å². The van der Waals surface area contributed by atoms with Crippen LogP contribution >= 0.6 is 0 Å². The fourth-order valence-corrected chi connectivity index (χ4v) is 4.92. The van der Waals surface area contributed by atoms with E-state index in [1.165, 1.54) is 18.4 Å². The summed E-state index contributed by atoms with van der Waals surface area (Å²) in [6.45, 7) is 0.726. The average Bonchev–Trinajstić information content (AvgIpc) is 2.88. The molecule has 2 aliphatic rings. The van der Waals surface area contributed by atoms with Gasteiger partial charge in [-0.05, 0) is 36.8 Å². The lowest BCUT2D eigenvalue weighted by Gasteiger charge is -2.31. The molecule has 1 aromatic carbocycles. The first-order valence-electron chi connectivity index (χ1n) is 8.32. The Morgan fingerprint density at radius 2 is 1.83 bits per heavy atom. The lowest BCUT2D eigenvalue weighted by molar-refractivity contribution is 0.438. The maximum atomic E-state index is 13.1. The zero-order valence-electron chi connectivity index (χ0n) is 13.5. The summed E-state index contributed by atoms with van der Waals surface area (Å²) in [6, 6.07) is 10.7. The van der Waals surface area contributed by atoms with Gasteiger partial charge in [0.05, 0.1) is 0 Å². The Hall–Kier alpha value is -1.58. The fourth-order valence-electron chi connectivity index (χ4n) is 3.56. The van der Waals surface area contributed by atoms with Gasteiger partial charge < -0.3 is 0 Å². The molecule has 1 saturated carbocycles. The molecule has 0 spiro atoms. The summed E-state index contributed by atoms with van der Waals surface area (Å²) < 4.78 is 16.4. The molecule has 0 amide bonds. The van der Waals surface area contributed by atoms with Crippen LogP contribution in [0.4, 0.5) is 0 Å². The number of hydrogen-bond acceptors (Lipinski definition) is 1. The van der Waals surface area contributed by atoms with Crippen molar-refractivity contribution in [3.8, 4) is 0 Å². The van der Waals surface area contributed by atoms with E-state index in [1.807, 2.05) is 30.4 Å². The molecule has 0 radical (unpaired) electrons. The first-order chi connectivity index (χ1) is 11.1. The van der Waals surface area contributed by atoms with Crippen LogP contribution in [0.1, 0.15) is 37.7 Å². The van der Waals surface area contributed by atoms with E-state index in [0.29, 0.717) is 6.42 Å². The van der Waals surface area contributed by atoms with Crippen molar-refractivity contribution in [2.45, 2.75) is 37.5 Å². The van der Waals surface area contributed by atoms with Gasteiger partial charge in [-0.3, -0.25) is 0 Å². The lowest BCUT2D eigenvalue weighted by Crippen LogP contribution is -2.39. The summed E-state index contributed by atoms with van der Waals surface area (Å²) in [5.41, 5.74) is 1.45. The second-order valence-corrected chi connectivity index (χ2v) is 8.66. The summed E-state index contributed by atoms with van der Waals surface area (Å²) >= 11 is 0. The zero-order chi connectivity index (χ0) is 16.2. The van der Waals surface area contributed by atoms with Crippen LogP contribution < -0.4 is 4.72 Å². The van der Waals surface area contributed by atoms with Gasteiger partial charge in [0.15, 0.2) is 0 Å².